The van der Waals surface area contributed by atoms with Crippen molar-refractivity contribution >= 4 is 0 Å². The van der Waals surface area contributed by atoms with Gasteiger partial charge in [0.1, 0.15) is 23.1 Å². The Morgan fingerprint density at radius 2 is 1.44 bits per heavy atom. The number of nitriles is 1. The summed E-state index contributed by atoms with van der Waals surface area (Å²) in [6.07, 6.45) is 0.534. The number of hydrogen-bond acceptors (Lipinski definition) is 3. The van der Waals surface area contributed by atoms with E-state index in [1.807, 2.05) is 72.8 Å². The lowest BCUT2D eigenvalue weighted by Crippen LogP contribution is -1.90. The first-order valence-electron chi connectivity index (χ1n) is 8.71. The first-order chi connectivity index (χ1) is 13.3. The highest BCUT2D eigenvalue weighted by Gasteiger charge is 2.24. The van der Waals surface area contributed by atoms with Gasteiger partial charge in [-0.05, 0) is 11.6 Å². The summed E-state index contributed by atoms with van der Waals surface area (Å²) < 4.78 is 6.20. The van der Waals surface area contributed by atoms with Crippen LogP contribution in [0.5, 0.6) is 5.75 Å². The van der Waals surface area contributed by atoms with Crippen LogP contribution in [0.25, 0.3) is 22.5 Å². The molecule has 3 nitrogen and oxygen atoms in total. The van der Waals surface area contributed by atoms with Crippen molar-refractivity contribution in [1.29, 1.82) is 5.26 Å². The molecule has 0 bridgehead atoms. The van der Waals surface area contributed by atoms with Gasteiger partial charge in [0.2, 0.25) is 0 Å². The maximum atomic E-state index is 10.4. The number of aromatic hydroxyl groups is 1. The molecule has 3 heteroatoms. The molecule has 4 rings (SSSR count). The molecular weight excluding hydrogens is 334 g/mol. The van der Waals surface area contributed by atoms with Crippen molar-refractivity contribution in [3.63, 3.8) is 0 Å². The Bertz CT molecular complexity index is 1110. The number of phenols is 1. The predicted molar refractivity (Wildman–Crippen MR) is 105 cm³/mol. The molecule has 1 aromatic heterocycles. The molecule has 0 radical (unpaired) electrons. The van der Waals surface area contributed by atoms with Crippen molar-refractivity contribution in [2.24, 2.45) is 0 Å². The van der Waals surface area contributed by atoms with Crippen LogP contribution in [-0.4, -0.2) is 5.11 Å². The predicted octanol–water partition coefficient (Wildman–Crippen LogP) is 5.78. The van der Waals surface area contributed by atoms with Gasteiger partial charge in [0.25, 0.3) is 0 Å². The molecule has 0 saturated carbocycles. The van der Waals surface area contributed by atoms with Crippen LogP contribution >= 0.6 is 0 Å². The van der Waals surface area contributed by atoms with E-state index < -0.39 is 0 Å². The highest BCUT2D eigenvalue weighted by Crippen LogP contribution is 2.41. The summed E-state index contributed by atoms with van der Waals surface area (Å²) in [7, 11) is 0. The third-order valence-electron chi connectivity index (χ3n) is 4.51. The van der Waals surface area contributed by atoms with E-state index in [4.69, 9.17) is 4.42 Å². The van der Waals surface area contributed by atoms with E-state index in [0.29, 0.717) is 34.6 Å². The molecule has 0 saturated heterocycles. The number of nitrogens with zero attached hydrogens (tertiary/aromatic N) is 1. The van der Waals surface area contributed by atoms with Crippen LogP contribution in [0.1, 0.15) is 16.9 Å². The average molecular weight is 351 g/mol. The molecule has 0 aliphatic carbocycles. The first-order valence-corrected chi connectivity index (χ1v) is 8.71. The van der Waals surface area contributed by atoms with Gasteiger partial charge in [0, 0.05) is 23.1 Å². The summed E-state index contributed by atoms with van der Waals surface area (Å²) >= 11 is 0. The maximum absolute atomic E-state index is 10.4. The molecule has 0 spiro atoms. The molecular formula is C24H17NO2. The highest BCUT2D eigenvalue weighted by molar-refractivity contribution is 5.84. The van der Waals surface area contributed by atoms with E-state index in [2.05, 4.69) is 6.07 Å². The Balaban J connectivity index is 1.95. The Kier molecular flexibility index (Phi) is 4.47. The first kappa shape index (κ1) is 16.7. The van der Waals surface area contributed by atoms with Gasteiger partial charge in [-0.15, -0.1) is 0 Å². The van der Waals surface area contributed by atoms with Crippen LogP contribution in [0.2, 0.25) is 0 Å². The summed E-state index contributed by atoms with van der Waals surface area (Å²) in [5, 5.41) is 20.3. The van der Waals surface area contributed by atoms with E-state index >= 15 is 0 Å². The second kappa shape index (κ2) is 7.23. The lowest BCUT2D eigenvalue weighted by atomic mass is 9.96. The summed E-state index contributed by atoms with van der Waals surface area (Å²) in [5.74, 6) is 1.32. The van der Waals surface area contributed by atoms with Crippen molar-refractivity contribution < 1.29 is 9.52 Å². The fourth-order valence-corrected chi connectivity index (χ4v) is 3.25. The molecule has 0 atom stereocenters. The number of furan rings is 1. The van der Waals surface area contributed by atoms with Gasteiger partial charge in [-0.25, -0.2) is 0 Å². The summed E-state index contributed by atoms with van der Waals surface area (Å²) in [6, 6.07) is 28.9. The fraction of sp³-hybridized carbons (Fsp3) is 0.0417. The van der Waals surface area contributed by atoms with E-state index in [9.17, 15) is 10.4 Å². The van der Waals surface area contributed by atoms with Crippen LogP contribution in [0.4, 0.5) is 0 Å². The van der Waals surface area contributed by atoms with Crippen molar-refractivity contribution in [3.8, 4) is 34.3 Å². The Morgan fingerprint density at radius 1 is 0.815 bits per heavy atom. The van der Waals surface area contributed by atoms with Gasteiger partial charge < -0.3 is 9.52 Å². The Labute approximate surface area is 157 Å². The minimum atomic E-state index is 0.128. The third-order valence-corrected chi connectivity index (χ3v) is 4.51. The molecule has 4 aromatic rings. The Morgan fingerprint density at radius 3 is 2.11 bits per heavy atom. The molecule has 0 amide bonds. The number of benzene rings is 3. The van der Waals surface area contributed by atoms with Crippen molar-refractivity contribution in [3.05, 3.63) is 102 Å². The molecule has 3 aromatic carbocycles. The lowest BCUT2D eigenvalue weighted by molar-refractivity contribution is 0.476. The monoisotopic (exact) mass is 351 g/mol. The molecule has 0 aliphatic rings. The molecule has 0 unspecified atom stereocenters. The number of hydrogen-bond donors (Lipinski definition) is 1. The normalized spacial score (nSPS) is 10.5. The number of phenolic OH excluding ortho intramolecular Hbond substituents is 1. The lowest BCUT2D eigenvalue weighted by Gasteiger charge is -2.06. The van der Waals surface area contributed by atoms with Crippen molar-refractivity contribution in [2.45, 2.75) is 6.42 Å². The fourth-order valence-electron chi connectivity index (χ4n) is 3.25. The van der Waals surface area contributed by atoms with Crippen LogP contribution < -0.4 is 0 Å². The zero-order valence-corrected chi connectivity index (χ0v) is 14.6. The number of rotatable bonds is 4. The van der Waals surface area contributed by atoms with Crippen LogP contribution in [0, 0.1) is 11.3 Å². The second-order valence-electron chi connectivity index (χ2n) is 6.26. The summed E-state index contributed by atoms with van der Waals surface area (Å²) in [4.78, 5) is 0. The SMILES string of the molecule is N#Cc1c(-c2ccccc2)oc(Cc2ccccc2)c1-c1ccccc1O. The smallest absolute Gasteiger partial charge is 0.152 e. The topological polar surface area (TPSA) is 57.2 Å². The Hall–Kier alpha value is -3.77. The van der Waals surface area contributed by atoms with E-state index in [1.54, 1.807) is 12.1 Å². The second-order valence-corrected chi connectivity index (χ2v) is 6.26. The van der Waals surface area contributed by atoms with Gasteiger partial charge in [-0.2, -0.15) is 5.26 Å². The summed E-state index contributed by atoms with van der Waals surface area (Å²) in [5.41, 5.74) is 3.61. The van der Waals surface area contributed by atoms with Gasteiger partial charge >= 0.3 is 0 Å². The zero-order valence-electron chi connectivity index (χ0n) is 14.6. The minimum Gasteiger partial charge on any atom is -0.507 e. The largest absolute Gasteiger partial charge is 0.507 e. The summed E-state index contributed by atoms with van der Waals surface area (Å²) in [6.45, 7) is 0. The maximum Gasteiger partial charge on any atom is 0.152 e. The molecule has 1 heterocycles. The van der Waals surface area contributed by atoms with Crippen molar-refractivity contribution in [1.82, 2.24) is 0 Å². The van der Waals surface area contributed by atoms with Crippen LogP contribution in [0.3, 0.4) is 0 Å². The standard InChI is InChI=1S/C24H17NO2/c25-16-20-23(19-13-7-8-14-21(19)26)22(15-17-9-3-1-4-10-17)27-24(20)18-11-5-2-6-12-18/h1-14,26H,15H2. The van der Waals surface area contributed by atoms with E-state index in [0.717, 1.165) is 11.1 Å². The molecule has 1 N–H and O–H groups in total. The van der Waals surface area contributed by atoms with Gasteiger partial charge in [0.15, 0.2) is 5.76 Å². The third kappa shape index (κ3) is 3.21. The van der Waals surface area contributed by atoms with Crippen LogP contribution in [0.15, 0.2) is 89.3 Å². The highest BCUT2D eigenvalue weighted by atomic mass is 16.3. The van der Waals surface area contributed by atoms with Gasteiger partial charge in [0.05, 0.1) is 0 Å². The van der Waals surface area contributed by atoms with Gasteiger partial charge in [-0.1, -0.05) is 78.9 Å². The van der Waals surface area contributed by atoms with Gasteiger partial charge in [-0.3, -0.25) is 0 Å². The molecule has 27 heavy (non-hydrogen) atoms. The van der Waals surface area contributed by atoms with E-state index in [1.165, 1.54) is 0 Å². The average Bonchev–Trinajstić information content (AvgIpc) is 3.08. The number of para-hydroxylation sites is 1. The zero-order chi connectivity index (χ0) is 18.6. The molecule has 130 valence electrons. The minimum absolute atomic E-state index is 0.128. The molecule has 0 fully saturated rings. The van der Waals surface area contributed by atoms with Crippen LogP contribution in [-0.2, 0) is 6.42 Å². The van der Waals surface area contributed by atoms with Crippen molar-refractivity contribution in [2.75, 3.05) is 0 Å². The van der Waals surface area contributed by atoms with E-state index in [-0.39, 0.29) is 5.75 Å². The quantitative estimate of drug-likeness (QED) is 0.507. The molecule has 0 aliphatic heterocycles.